The fourth-order valence-electron chi connectivity index (χ4n) is 3.89. The number of ketones is 1. The summed E-state index contributed by atoms with van der Waals surface area (Å²) in [5.41, 5.74) is 0.204. The van der Waals surface area contributed by atoms with E-state index in [4.69, 9.17) is 9.31 Å². The Morgan fingerprint density at radius 2 is 1.50 bits per heavy atom. The van der Waals surface area contributed by atoms with Crippen LogP contribution in [-0.2, 0) is 14.1 Å². The van der Waals surface area contributed by atoms with E-state index in [-0.39, 0.29) is 35.5 Å². The Hall–Kier alpha value is -1.13. The first-order valence-electron chi connectivity index (χ1n) is 8.97. The van der Waals surface area contributed by atoms with Crippen LogP contribution >= 0.6 is 0 Å². The molecule has 1 saturated heterocycles. The van der Waals surface area contributed by atoms with Gasteiger partial charge >= 0.3 is 7.12 Å². The molecule has 1 aliphatic heterocycles. The Morgan fingerprint density at radius 1 is 0.958 bits per heavy atom. The van der Waals surface area contributed by atoms with Gasteiger partial charge in [0.05, 0.1) is 11.2 Å². The summed E-state index contributed by atoms with van der Waals surface area (Å²) in [7, 11) is -0.271. The van der Waals surface area contributed by atoms with E-state index in [0.29, 0.717) is 12.2 Å². The maximum absolute atomic E-state index is 12.6. The topological polar surface area (TPSA) is 35.5 Å². The Labute approximate surface area is 146 Å². The van der Waals surface area contributed by atoms with E-state index in [2.05, 4.69) is 53.7 Å². The highest BCUT2D eigenvalue weighted by Crippen LogP contribution is 2.52. The second-order valence-electron chi connectivity index (χ2n) is 9.02. The summed E-state index contributed by atoms with van der Waals surface area (Å²) >= 11 is 0. The molecule has 0 aromatic heterocycles. The molecule has 1 aromatic carbocycles. The van der Waals surface area contributed by atoms with E-state index in [9.17, 15) is 4.79 Å². The second kappa shape index (κ2) is 5.71. The van der Waals surface area contributed by atoms with Gasteiger partial charge in [-0.05, 0) is 45.6 Å². The summed E-state index contributed by atoms with van der Waals surface area (Å²) in [5.74, 6) is 0.673. The zero-order valence-electron chi connectivity index (χ0n) is 15.8. The third-order valence-electron chi connectivity index (χ3n) is 6.27. The van der Waals surface area contributed by atoms with Gasteiger partial charge in [0.15, 0.2) is 0 Å². The molecule has 4 heteroatoms. The summed E-state index contributed by atoms with van der Waals surface area (Å²) in [4.78, 5) is 12.6. The maximum Gasteiger partial charge on any atom is 0.461 e. The highest BCUT2D eigenvalue weighted by atomic mass is 16.7. The van der Waals surface area contributed by atoms with E-state index >= 15 is 0 Å². The minimum absolute atomic E-state index is 0.154. The molecule has 1 aliphatic carbocycles. The van der Waals surface area contributed by atoms with Crippen molar-refractivity contribution in [2.75, 3.05) is 0 Å². The number of Topliss-reactive ketones (excluding diaryl/α,β-unsaturated/α-hetero) is 1. The first kappa shape index (κ1) is 17.7. The Bertz CT molecular complexity index is 605. The standard InChI is InChI=1S/C20H29BO3/c1-18(2)13-16(21-23-19(3,4)20(5,6)24-21)15(12-17(18)22)14-10-8-7-9-11-14/h7-11,15-16H,12-13H2,1-6H3/t15-,16-/m0/s1. The molecule has 3 rings (SSSR count). The van der Waals surface area contributed by atoms with Crippen LogP contribution < -0.4 is 0 Å². The van der Waals surface area contributed by atoms with Gasteiger partial charge in [-0.1, -0.05) is 44.2 Å². The zero-order chi connectivity index (χ0) is 17.8. The predicted molar refractivity (Wildman–Crippen MR) is 97.0 cm³/mol. The highest BCUT2D eigenvalue weighted by molar-refractivity contribution is 6.48. The molecule has 1 aromatic rings. The van der Waals surface area contributed by atoms with Crippen LogP contribution in [0.3, 0.4) is 0 Å². The van der Waals surface area contributed by atoms with Gasteiger partial charge in [-0.3, -0.25) is 4.79 Å². The number of benzene rings is 1. The normalized spacial score (nSPS) is 31.2. The fraction of sp³-hybridized carbons (Fsp3) is 0.650. The fourth-order valence-corrected chi connectivity index (χ4v) is 3.89. The molecule has 3 nitrogen and oxygen atoms in total. The van der Waals surface area contributed by atoms with Crippen molar-refractivity contribution in [1.82, 2.24) is 0 Å². The number of hydrogen-bond donors (Lipinski definition) is 0. The van der Waals surface area contributed by atoms with E-state index in [1.165, 1.54) is 5.56 Å². The van der Waals surface area contributed by atoms with Crippen LogP contribution in [0.4, 0.5) is 0 Å². The molecule has 2 atom stereocenters. The Morgan fingerprint density at radius 3 is 2.04 bits per heavy atom. The lowest BCUT2D eigenvalue weighted by atomic mass is 9.52. The van der Waals surface area contributed by atoms with Crippen LogP contribution in [0.5, 0.6) is 0 Å². The van der Waals surface area contributed by atoms with Crippen molar-refractivity contribution < 1.29 is 14.1 Å². The molecule has 0 spiro atoms. The molecule has 2 fully saturated rings. The van der Waals surface area contributed by atoms with Gasteiger partial charge in [0, 0.05) is 17.7 Å². The summed E-state index contributed by atoms with van der Waals surface area (Å²) in [5, 5.41) is 0. The molecule has 0 unspecified atom stereocenters. The minimum Gasteiger partial charge on any atom is -0.403 e. The molecule has 0 radical (unpaired) electrons. The molecule has 1 saturated carbocycles. The Kier molecular flexibility index (Phi) is 4.21. The van der Waals surface area contributed by atoms with Crippen molar-refractivity contribution in [1.29, 1.82) is 0 Å². The average Bonchev–Trinajstić information content (AvgIpc) is 2.71. The first-order chi connectivity index (χ1) is 11.0. The largest absolute Gasteiger partial charge is 0.461 e. The van der Waals surface area contributed by atoms with E-state index in [1.54, 1.807) is 0 Å². The average molecular weight is 328 g/mol. The van der Waals surface area contributed by atoms with E-state index < -0.39 is 0 Å². The summed E-state index contributed by atoms with van der Waals surface area (Å²) in [6, 6.07) is 10.3. The highest BCUT2D eigenvalue weighted by Gasteiger charge is 2.57. The van der Waals surface area contributed by atoms with Gasteiger partial charge < -0.3 is 9.31 Å². The van der Waals surface area contributed by atoms with Crippen LogP contribution in [0.15, 0.2) is 30.3 Å². The SMILES string of the molecule is CC1(C)C[C@H](B2OC(C)(C)C(C)(C)O2)[C@H](c2ccccc2)CC1=O. The Balaban J connectivity index is 1.94. The van der Waals surface area contributed by atoms with Gasteiger partial charge in [0.25, 0.3) is 0 Å². The number of carbonyl (C=O) groups excluding carboxylic acids is 1. The van der Waals surface area contributed by atoms with Crippen molar-refractivity contribution in [2.45, 2.75) is 77.3 Å². The summed E-state index contributed by atoms with van der Waals surface area (Å²) in [6.07, 6.45) is 1.36. The number of rotatable bonds is 2. The van der Waals surface area contributed by atoms with Gasteiger partial charge in [0.1, 0.15) is 5.78 Å². The molecule has 0 bridgehead atoms. The lowest BCUT2D eigenvalue weighted by Gasteiger charge is -2.40. The molecule has 0 amide bonds. The molecule has 1 heterocycles. The first-order valence-corrected chi connectivity index (χ1v) is 8.97. The van der Waals surface area contributed by atoms with Crippen molar-refractivity contribution in [3.63, 3.8) is 0 Å². The van der Waals surface area contributed by atoms with Crippen molar-refractivity contribution in [3.8, 4) is 0 Å². The second-order valence-corrected chi connectivity index (χ2v) is 9.02. The quantitative estimate of drug-likeness (QED) is 0.743. The monoisotopic (exact) mass is 328 g/mol. The lowest BCUT2D eigenvalue weighted by molar-refractivity contribution is -0.130. The molecular weight excluding hydrogens is 299 g/mol. The minimum atomic E-state index is -0.343. The molecule has 130 valence electrons. The van der Waals surface area contributed by atoms with Crippen LogP contribution in [0.2, 0.25) is 5.82 Å². The molecule has 2 aliphatic rings. The van der Waals surface area contributed by atoms with Crippen LogP contribution in [0, 0.1) is 5.41 Å². The molecule has 24 heavy (non-hydrogen) atoms. The van der Waals surface area contributed by atoms with Crippen molar-refractivity contribution >= 4 is 12.9 Å². The van der Waals surface area contributed by atoms with E-state index in [1.807, 2.05) is 18.2 Å². The van der Waals surface area contributed by atoms with Gasteiger partial charge in [-0.15, -0.1) is 0 Å². The predicted octanol–water partition coefficient (Wildman–Crippen LogP) is 4.62. The van der Waals surface area contributed by atoms with E-state index in [0.717, 1.165) is 6.42 Å². The van der Waals surface area contributed by atoms with Gasteiger partial charge in [0.2, 0.25) is 0 Å². The summed E-state index contributed by atoms with van der Waals surface area (Å²) in [6.45, 7) is 12.4. The number of carbonyl (C=O) groups is 1. The van der Waals surface area contributed by atoms with Crippen molar-refractivity contribution in [3.05, 3.63) is 35.9 Å². The summed E-state index contributed by atoms with van der Waals surface area (Å²) < 4.78 is 12.7. The van der Waals surface area contributed by atoms with Gasteiger partial charge in [-0.25, -0.2) is 0 Å². The maximum atomic E-state index is 12.6. The van der Waals surface area contributed by atoms with Crippen LogP contribution in [0.1, 0.15) is 65.9 Å². The third kappa shape index (κ3) is 2.95. The lowest BCUT2D eigenvalue weighted by Crippen LogP contribution is -2.41. The zero-order valence-corrected chi connectivity index (χ0v) is 15.8. The van der Waals surface area contributed by atoms with Crippen LogP contribution in [0.25, 0.3) is 0 Å². The third-order valence-corrected chi connectivity index (χ3v) is 6.27. The number of hydrogen-bond acceptors (Lipinski definition) is 3. The smallest absolute Gasteiger partial charge is 0.403 e. The molecule has 0 N–H and O–H groups in total. The molecular formula is C20H29BO3. The van der Waals surface area contributed by atoms with Crippen molar-refractivity contribution in [2.24, 2.45) is 5.41 Å². The van der Waals surface area contributed by atoms with Crippen LogP contribution in [-0.4, -0.2) is 24.1 Å². The van der Waals surface area contributed by atoms with Gasteiger partial charge in [-0.2, -0.15) is 0 Å².